The van der Waals surface area contributed by atoms with Gasteiger partial charge in [0.15, 0.2) is 0 Å². The molecule has 0 aromatic rings. The van der Waals surface area contributed by atoms with Crippen LogP contribution in [-0.2, 0) is 14.3 Å². The Morgan fingerprint density at radius 3 is 2.38 bits per heavy atom. The van der Waals surface area contributed by atoms with E-state index in [0.717, 1.165) is 12.8 Å². The van der Waals surface area contributed by atoms with Crippen LogP contribution in [0.2, 0.25) is 0 Å². The first-order chi connectivity index (χ1) is 9.91. The number of hydrogen-bond acceptors (Lipinski definition) is 3. The van der Waals surface area contributed by atoms with Crippen molar-refractivity contribution in [3.8, 4) is 0 Å². The largest absolute Gasteiger partial charge is 0.393 e. The quantitative estimate of drug-likeness (QED) is 0.328. The highest BCUT2D eigenvalue weighted by molar-refractivity contribution is 5.97. The van der Waals surface area contributed by atoms with Crippen LogP contribution in [0.5, 0.6) is 0 Å². The molecule has 0 saturated carbocycles. The van der Waals surface area contributed by atoms with Crippen LogP contribution in [0.1, 0.15) is 85.5 Å². The Hall–Kier alpha value is -0.860. The van der Waals surface area contributed by atoms with Crippen molar-refractivity contribution >= 4 is 11.9 Å². The van der Waals surface area contributed by atoms with E-state index < -0.39 is 5.41 Å². The van der Waals surface area contributed by atoms with E-state index >= 15 is 0 Å². The van der Waals surface area contributed by atoms with Crippen molar-refractivity contribution in [3.63, 3.8) is 0 Å². The molecule has 1 aliphatic rings. The van der Waals surface area contributed by atoms with E-state index in [1.54, 1.807) is 0 Å². The normalized spacial score (nSPS) is 25.0. The number of carbonyl (C=O) groups excluding carboxylic acids is 2. The van der Waals surface area contributed by atoms with Gasteiger partial charge in [-0.15, -0.1) is 0 Å². The van der Waals surface area contributed by atoms with Gasteiger partial charge in [-0.2, -0.15) is 0 Å². The topological polar surface area (TPSA) is 43.4 Å². The molecule has 1 aliphatic heterocycles. The summed E-state index contributed by atoms with van der Waals surface area (Å²) in [5.74, 6) is 0.562. The maximum absolute atomic E-state index is 11.9. The third kappa shape index (κ3) is 5.80. The van der Waals surface area contributed by atoms with Gasteiger partial charge in [-0.1, -0.05) is 59.3 Å². The Bertz CT molecular complexity index is 350. The Morgan fingerprint density at radius 1 is 1.14 bits per heavy atom. The van der Waals surface area contributed by atoms with Gasteiger partial charge in [0.25, 0.3) is 0 Å². The SMILES string of the molecule is CCCCCC(CC(C)CCC)CC1(C)CC(=O)OC1=O. The zero-order chi connectivity index (χ0) is 15.9. The van der Waals surface area contributed by atoms with Crippen LogP contribution in [0.15, 0.2) is 0 Å². The van der Waals surface area contributed by atoms with E-state index in [4.69, 9.17) is 4.74 Å². The summed E-state index contributed by atoms with van der Waals surface area (Å²) in [7, 11) is 0. The molecular formula is C18H32O3. The van der Waals surface area contributed by atoms with E-state index in [1.807, 2.05) is 6.92 Å². The molecule has 122 valence electrons. The second-order valence-corrected chi connectivity index (χ2v) is 7.19. The smallest absolute Gasteiger partial charge is 0.320 e. The zero-order valence-corrected chi connectivity index (χ0v) is 14.2. The van der Waals surface area contributed by atoms with Crippen molar-refractivity contribution in [2.24, 2.45) is 17.3 Å². The highest BCUT2D eigenvalue weighted by Crippen LogP contribution is 2.40. The van der Waals surface area contributed by atoms with Crippen molar-refractivity contribution in [2.75, 3.05) is 0 Å². The molecule has 1 rings (SSSR count). The minimum atomic E-state index is -0.583. The van der Waals surface area contributed by atoms with E-state index in [9.17, 15) is 9.59 Å². The lowest BCUT2D eigenvalue weighted by atomic mass is 9.75. The summed E-state index contributed by atoms with van der Waals surface area (Å²) in [6, 6.07) is 0. The lowest BCUT2D eigenvalue weighted by Crippen LogP contribution is -2.26. The monoisotopic (exact) mass is 296 g/mol. The fourth-order valence-electron chi connectivity index (χ4n) is 3.61. The van der Waals surface area contributed by atoms with Crippen molar-refractivity contribution in [1.29, 1.82) is 0 Å². The van der Waals surface area contributed by atoms with E-state index in [-0.39, 0.29) is 18.4 Å². The predicted octanol–water partition coefficient (Wildman–Crippen LogP) is 4.88. The molecule has 1 heterocycles. The molecule has 0 aromatic carbocycles. The van der Waals surface area contributed by atoms with Gasteiger partial charge in [-0.3, -0.25) is 9.59 Å². The first-order valence-corrected chi connectivity index (χ1v) is 8.66. The van der Waals surface area contributed by atoms with Gasteiger partial charge in [-0.25, -0.2) is 0 Å². The molecule has 0 N–H and O–H groups in total. The zero-order valence-electron chi connectivity index (χ0n) is 14.2. The van der Waals surface area contributed by atoms with Crippen LogP contribution < -0.4 is 0 Å². The average Bonchev–Trinajstić information content (AvgIpc) is 2.62. The summed E-state index contributed by atoms with van der Waals surface area (Å²) < 4.78 is 4.78. The molecular weight excluding hydrogens is 264 g/mol. The van der Waals surface area contributed by atoms with Gasteiger partial charge < -0.3 is 4.74 Å². The first kappa shape index (κ1) is 18.2. The van der Waals surface area contributed by atoms with Crippen LogP contribution in [0.3, 0.4) is 0 Å². The third-order valence-corrected chi connectivity index (χ3v) is 4.71. The molecule has 0 bridgehead atoms. The summed E-state index contributed by atoms with van der Waals surface area (Å²) in [4.78, 5) is 23.3. The summed E-state index contributed by atoms with van der Waals surface area (Å²) in [5.41, 5.74) is -0.583. The van der Waals surface area contributed by atoms with Gasteiger partial charge >= 0.3 is 11.9 Å². The molecule has 0 radical (unpaired) electrons. The van der Waals surface area contributed by atoms with Gasteiger partial charge in [0.1, 0.15) is 0 Å². The number of carbonyl (C=O) groups is 2. The number of unbranched alkanes of at least 4 members (excludes halogenated alkanes) is 2. The highest BCUT2D eigenvalue weighted by atomic mass is 16.6. The Labute approximate surface area is 129 Å². The van der Waals surface area contributed by atoms with Crippen LogP contribution in [0, 0.1) is 17.3 Å². The number of hydrogen-bond donors (Lipinski definition) is 0. The Morgan fingerprint density at radius 2 is 1.86 bits per heavy atom. The van der Waals surface area contributed by atoms with Crippen LogP contribution in [0.4, 0.5) is 0 Å². The fraction of sp³-hybridized carbons (Fsp3) is 0.889. The summed E-state index contributed by atoms with van der Waals surface area (Å²) in [5, 5.41) is 0. The van der Waals surface area contributed by atoms with Gasteiger partial charge in [0, 0.05) is 0 Å². The molecule has 1 saturated heterocycles. The van der Waals surface area contributed by atoms with Crippen LogP contribution in [-0.4, -0.2) is 11.9 Å². The summed E-state index contributed by atoms with van der Waals surface area (Å²) in [6.07, 6.45) is 9.53. The van der Waals surface area contributed by atoms with Crippen molar-refractivity contribution in [1.82, 2.24) is 0 Å². The second kappa shape index (κ2) is 8.55. The van der Waals surface area contributed by atoms with Crippen LogP contribution >= 0.6 is 0 Å². The highest BCUT2D eigenvalue weighted by Gasteiger charge is 2.46. The second-order valence-electron chi connectivity index (χ2n) is 7.19. The Balaban J connectivity index is 2.62. The third-order valence-electron chi connectivity index (χ3n) is 4.71. The fourth-order valence-corrected chi connectivity index (χ4v) is 3.61. The average molecular weight is 296 g/mol. The van der Waals surface area contributed by atoms with E-state index in [1.165, 1.54) is 38.5 Å². The standard InChI is InChI=1S/C18H32O3/c1-5-7-8-10-15(11-14(3)9-6-2)12-18(4)13-16(19)21-17(18)20/h14-15H,5-13H2,1-4H3. The molecule has 0 amide bonds. The maximum Gasteiger partial charge on any atom is 0.320 e. The summed E-state index contributed by atoms with van der Waals surface area (Å²) >= 11 is 0. The van der Waals surface area contributed by atoms with Crippen LogP contribution in [0.25, 0.3) is 0 Å². The molecule has 21 heavy (non-hydrogen) atoms. The number of cyclic esters (lactones) is 2. The van der Waals surface area contributed by atoms with Gasteiger partial charge in [0.2, 0.25) is 0 Å². The molecule has 3 unspecified atom stereocenters. The minimum Gasteiger partial charge on any atom is -0.393 e. The van der Waals surface area contributed by atoms with Crippen molar-refractivity contribution in [3.05, 3.63) is 0 Å². The van der Waals surface area contributed by atoms with Crippen molar-refractivity contribution < 1.29 is 14.3 Å². The number of esters is 2. The first-order valence-electron chi connectivity index (χ1n) is 8.66. The minimum absolute atomic E-state index is 0.262. The van der Waals surface area contributed by atoms with E-state index in [0.29, 0.717) is 11.8 Å². The number of rotatable bonds is 10. The lowest BCUT2D eigenvalue weighted by molar-refractivity contribution is -0.155. The van der Waals surface area contributed by atoms with Gasteiger partial charge in [-0.05, 0) is 31.6 Å². The van der Waals surface area contributed by atoms with E-state index in [2.05, 4.69) is 20.8 Å². The maximum atomic E-state index is 11.9. The molecule has 0 aromatic heterocycles. The molecule has 0 aliphatic carbocycles. The molecule has 1 fully saturated rings. The molecule has 3 nitrogen and oxygen atoms in total. The predicted molar refractivity (Wildman–Crippen MR) is 84.8 cm³/mol. The van der Waals surface area contributed by atoms with Gasteiger partial charge in [0.05, 0.1) is 11.8 Å². The molecule has 3 heteroatoms. The molecule has 0 spiro atoms. The van der Waals surface area contributed by atoms with Crippen molar-refractivity contribution in [2.45, 2.75) is 85.5 Å². The Kier molecular flexibility index (Phi) is 7.41. The molecule has 3 atom stereocenters. The number of ether oxygens (including phenoxy) is 1. The summed E-state index contributed by atoms with van der Waals surface area (Å²) in [6.45, 7) is 8.63. The lowest BCUT2D eigenvalue weighted by Gasteiger charge is -2.27.